The molecular weight excluding hydrogens is 404 g/mol. The molecule has 2 aromatic carbocycles. The molecule has 1 N–H and O–H groups in total. The highest BCUT2D eigenvalue weighted by Crippen LogP contribution is 2.24. The van der Waals surface area contributed by atoms with Crippen LogP contribution in [0.3, 0.4) is 0 Å². The Morgan fingerprint density at radius 1 is 1.13 bits per heavy atom. The van der Waals surface area contributed by atoms with Crippen molar-refractivity contribution in [3.63, 3.8) is 0 Å². The molecule has 1 heterocycles. The standard InChI is InChI=1S/C22H26N2O5S/c1-2-3-14-24(22(26)21-23-18-11-7-8-12-19(18)29-21)20(25)13-15-30(27,28)16-17-9-5-4-6-10-17/h4-12,22,26H,2-3,13-16H2,1H3. The average molecular weight is 431 g/mol. The second-order valence-corrected chi connectivity index (χ2v) is 9.35. The van der Waals surface area contributed by atoms with Gasteiger partial charge >= 0.3 is 0 Å². The third kappa shape index (κ3) is 5.67. The molecule has 0 spiro atoms. The van der Waals surface area contributed by atoms with Crippen molar-refractivity contribution in [1.82, 2.24) is 9.88 Å². The van der Waals surface area contributed by atoms with Crippen LogP contribution < -0.4 is 0 Å². The highest BCUT2D eigenvalue weighted by Gasteiger charge is 2.28. The minimum Gasteiger partial charge on any atom is -0.436 e. The summed E-state index contributed by atoms with van der Waals surface area (Å²) in [6.45, 7) is 2.26. The van der Waals surface area contributed by atoms with Gasteiger partial charge in [0.2, 0.25) is 18.0 Å². The molecule has 1 aromatic heterocycles. The van der Waals surface area contributed by atoms with Crippen molar-refractivity contribution >= 4 is 26.8 Å². The van der Waals surface area contributed by atoms with Crippen molar-refractivity contribution < 1.29 is 22.7 Å². The van der Waals surface area contributed by atoms with E-state index in [1.165, 1.54) is 4.90 Å². The Kier molecular flexibility index (Phi) is 7.23. The highest BCUT2D eigenvalue weighted by atomic mass is 32.2. The van der Waals surface area contributed by atoms with Gasteiger partial charge in [0.15, 0.2) is 15.4 Å². The van der Waals surface area contributed by atoms with Crippen molar-refractivity contribution in [2.24, 2.45) is 0 Å². The number of fused-ring (bicyclic) bond motifs is 1. The minimum atomic E-state index is -3.46. The first-order valence-electron chi connectivity index (χ1n) is 9.97. The number of aliphatic hydroxyl groups excluding tert-OH is 1. The minimum absolute atomic E-state index is 0.0211. The van der Waals surface area contributed by atoms with E-state index in [0.29, 0.717) is 23.1 Å². The molecule has 0 saturated carbocycles. The lowest BCUT2D eigenvalue weighted by Crippen LogP contribution is -2.36. The number of carbonyl (C=O) groups is 1. The fraction of sp³-hybridized carbons (Fsp3) is 0.364. The SMILES string of the molecule is CCCCN(C(=O)CCS(=O)(=O)Cc1ccccc1)C(O)c1nc2ccccc2o1. The number of unbranched alkanes of at least 4 members (excludes halogenated alkanes) is 1. The first kappa shape index (κ1) is 22.0. The van der Waals surface area contributed by atoms with E-state index in [1.807, 2.05) is 13.0 Å². The Balaban J connectivity index is 1.70. The summed E-state index contributed by atoms with van der Waals surface area (Å²) in [5, 5.41) is 10.7. The van der Waals surface area contributed by atoms with Gasteiger partial charge in [-0.1, -0.05) is 55.8 Å². The van der Waals surface area contributed by atoms with E-state index in [0.717, 1.165) is 6.42 Å². The molecule has 160 valence electrons. The molecular formula is C22H26N2O5S. The first-order valence-corrected chi connectivity index (χ1v) is 11.8. The largest absolute Gasteiger partial charge is 0.436 e. The maximum atomic E-state index is 12.8. The van der Waals surface area contributed by atoms with E-state index in [-0.39, 0.29) is 30.4 Å². The van der Waals surface area contributed by atoms with Crippen molar-refractivity contribution in [1.29, 1.82) is 0 Å². The highest BCUT2D eigenvalue weighted by molar-refractivity contribution is 7.90. The smallest absolute Gasteiger partial charge is 0.246 e. The van der Waals surface area contributed by atoms with Gasteiger partial charge in [-0.25, -0.2) is 13.4 Å². The maximum Gasteiger partial charge on any atom is 0.246 e. The number of rotatable bonds is 10. The monoisotopic (exact) mass is 430 g/mol. The van der Waals surface area contributed by atoms with Crippen LogP contribution in [0.2, 0.25) is 0 Å². The van der Waals surface area contributed by atoms with Gasteiger partial charge in [-0.15, -0.1) is 0 Å². The van der Waals surface area contributed by atoms with Crippen LogP contribution in [0.15, 0.2) is 59.0 Å². The number of oxazole rings is 1. The number of sulfone groups is 1. The zero-order valence-electron chi connectivity index (χ0n) is 16.9. The second-order valence-electron chi connectivity index (χ2n) is 7.16. The van der Waals surface area contributed by atoms with E-state index in [2.05, 4.69) is 4.98 Å². The lowest BCUT2D eigenvalue weighted by molar-refractivity contribution is -0.143. The average Bonchev–Trinajstić information content (AvgIpc) is 3.17. The molecule has 7 nitrogen and oxygen atoms in total. The second kappa shape index (κ2) is 9.86. The summed E-state index contributed by atoms with van der Waals surface area (Å²) in [5.74, 6) is -0.837. The van der Waals surface area contributed by atoms with Crippen LogP contribution in [0.25, 0.3) is 11.1 Å². The predicted molar refractivity (Wildman–Crippen MR) is 114 cm³/mol. The summed E-state index contributed by atoms with van der Waals surface area (Å²) in [7, 11) is -3.46. The number of nitrogens with zero attached hydrogens (tertiary/aromatic N) is 2. The Hall–Kier alpha value is -2.71. The summed E-state index contributed by atoms with van der Waals surface area (Å²) < 4.78 is 30.5. The van der Waals surface area contributed by atoms with Crippen LogP contribution in [0, 0.1) is 0 Å². The van der Waals surface area contributed by atoms with Crippen molar-refractivity contribution in [2.45, 2.75) is 38.2 Å². The quantitative estimate of drug-likeness (QED) is 0.495. The Labute approximate surface area is 176 Å². The van der Waals surface area contributed by atoms with Gasteiger partial charge in [0.25, 0.3) is 0 Å². The Morgan fingerprint density at radius 2 is 1.83 bits per heavy atom. The molecule has 1 amide bonds. The molecule has 0 fully saturated rings. The van der Waals surface area contributed by atoms with E-state index in [9.17, 15) is 18.3 Å². The number of hydrogen-bond donors (Lipinski definition) is 1. The molecule has 0 aliphatic carbocycles. The first-order chi connectivity index (χ1) is 14.4. The van der Waals surface area contributed by atoms with Crippen LogP contribution in [0.5, 0.6) is 0 Å². The molecule has 3 rings (SSSR count). The molecule has 1 unspecified atom stereocenters. The summed E-state index contributed by atoms with van der Waals surface area (Å²) >= 11 is 0. The molecule has 0 bridgehead atoms. The predicted octanol–water partition coefficient (Wildman–Crippen LogP) is 3.45. The van der Waals surface area contributed by atoms with Crippen molar-refractivity contribution in [3.05, 3.63) is 66.1 Å². The lowest BCUT2D eigenvalue weighted by Gasteiger charge is -2.26. The lowest BCUT2D eigenvalue weighted by atomic mass is 10.2. The molecule has 0 radical (unpaired) electrons. The molecule has 8 heteroatoms. The van der Waals surface area contributed by atoms with Crippen molar-refractivity contribution in [3.8, 4) is 0 Å². The number of aliphatic hydroxyl groups is 1. The van der Waals surface area contributed by atoms with Gasteiger partial charge in [-0.05, 0) is 24.1 Å². The van der Waals surface area contributed by atoms with Crippen LogP contribution in [0.1, 0.15) is 43.9 Å². The van der Waals surface area contributed by atoms with E-state index in [1.54, 1.807) is 48.5 Å². The molecule has 0 aliphatic rings. The maximum absolute atomic E-state index is 12.8. The number of amides is 1. The number of hydrogen-bond acceptors (Lipinski definition) is 6. The fourth-order valence-corrected chi connectivity index (χ4v) is 4.46. The van der Waals surface area contributed by atoms with Crippen LogP contribution in [-0.2, 0) is 20.4 Å². The summed E-state index contributed by atoms with van der Waals surface area (Å²) in [6, 6.07) is 15.9. The van der Waals surface area contributed by atoms with Crippen LogP contribution in [0.4, 0.5) is 0 Å². The van der Waals surface area contributed by atoms with Gasteiger partial charge in [0.05, 0.1) is 11.5 Å². The number of benzene rings is 2. The van der Waals surface area contributed by atoms with Gasteiger partial charge in [0, 0.05) is 13.0 Å². The van der Waals surface area contributed by atoms with Gasteiger partial charge in [-0.2, -0.15) is 0 Å². The van der Waals surface area contributed by atoms with Crippen molar-refractivity contribution in [2.75, 3.05) is 12.3 Å². The third-order valence-corrected chi connectivity index (χ3v) is 6.36. The van der Waals surface area contributed by atoms with Crippen LogP contribution in [-0.4, -0.2) is 41.6 Å². The summed E-state index contributed by atoms with van der Waals surface area (Å²) in [6.07, 6.45) is -0.0972. The van der Waals surface area contributed by atoms with E-state index < -0.39 is 22.0 Å². The zero-order chi connectivity index (χ0) is 21.6. The number of aromatic nitrogens is 1. The summed E-state index contributed by atoms with van der Waals surface area (Å²) in [5.41, 5.74) is 1.78. The number of para-hydroxylation sites is 2. The molecule has 0 aliphatic heterocycles. The van der Waals surface area contributed by atoms with Crippen LogP contribution >= 0.6 is 0 Å². The van der Waals surface area contributed by atoms with Gasteiger partial charge < -0.3 is 14.4 Å². The third-order valence-electron chi connectivity index (χ3n) is 4.76. The molecule has 30 heavy (non-hydrogen) atoms. The van der Waals surface area contributed by atoms with Gasteiger partial charge in [-0.3, -0.25) is 4.79 Å². The molecule has 3 aromatic rings. The van der Waals surface area contributed by atoms with Gasteiger partial charge in [0.1, 0.15) is 5.52 Å². The number of carbonyl (C=O) groups excluding carboxylic acids is 1. The topological polar surface area (TPSA) is 101 Å². The molecule has 0 saturated heterocycles. The zero-order valence-corrected chi connectivity index (χ0v) is 17.7. The fourth-order valence-electron chi connectivity index (χ4n) is 3.13. The van der Waals surface area contributed by atoms with E-state index in [4.69, 9.17) is 4.42 Å². The van der Waals surface area contributed by atoms with E-state index >= 15 is 0 Å². The summed E-state index contributed by atoms with van der Waals surface area (Å²) in [4.78, 5) is 18.3. The Morgan fingerprint density at radius 3 is 2.53 bits per heavy atom. The normalized spacial score (nSPS) is 12.7. The molecule has 1 atom stereocenters. The Bertz CT molecular complexity index is 1050.